The fourth-order valence-corrected chi connectivity index (χ4v) is 4.57. The molecule has 31 heavy (non-hydrogen) atoms. The van der Waals surface area contributed by atoms with E-state index in [1.54, 1.807) is 19.2 Å². The highest BCUT2D eigenvalue weighted by molar-refractivity contribution is 5.76. The Labute approximate surface area is 183 Å². The second kappa shape index (κ2) is 9.67. The first-order chi connectivity index (χ1) is 15.0. The van der Waals surface area contributed by atoms with Crippen molar-refractivity contribution >= 4 is 11.5 Å². The fraction of sp³-hybridized carbons (Fsp3) is 0.520. The summed E-state index contributed by atoms with van der Waals surface area (Å²) in [5.41, 5.74) is 1.66. The molecule has 2 aliphatic rings. The van der Waals surface area contributed by atoms with E-state index < -0.39 is 0 Å². The Hall–Kier alpha value is -2.63. The first-order valence-corrected chi connectivity index (χ1v) is 11.3. The molecule has 2 atom stereocenters. The summed E-state index contributed by atoms with van der Waals surface area (Å²) in [6, 6.07) is 9.66. The molecule has 0 amide bonds. The number of nitrogens with zero attached hydrogens (tertiary/aromatic N) is 2. The highest BCUT2D eigenvalue weighted by atomic mass is 19.1. The van der Waals surface area contributed by atoms with E-state index in [9.17, 15) is 4.79 Å². The van der Waals surface area contributed by atoms with E-state index in [0.717, 1.165) is 50.0 Å². The Balaban J connectivity index is 1.36. The predicted molar refractivity (Wildman–Crippen MR) is 118 cm³/mol. The van der Waals surface area contributed by atoms with Gasteiger partial charge in [-0.2, -0.15) is 4.39 Å². The van der Waals surface area contributed by atoms with Crippen molar-refractivity contribution < 1.29 is 18.7 Å². The Morgan fingerprint density at radius 3 is 2.58 bits per heavy atom. The molecule has 0 bridgehead atoms. The summed E-state index contributed by atoms with van der Waals surface area (Å²) in [7, 11) is 0. The molecule has 1 aromatic carbocycles. The van der Waals surface area contributed by atoms with Crippen molar-refractivity contribution in [1.82, 2.24) is 4.98 Å². The number of pyridine rings is 1. The van der Waals surface area contributed by atoms with Gasteiger partial charge in [0.2, 0.25) is 5.82 Å². The van der Waals surface area contributed by atoms with Crippen LogP contribution in [0.2, 0.25) is 0 Å². The second-order valence-electron chi connectivity index (χ2n) is 8.82. The first kappa shape index (κ1) is 21.6. The molecular weight excluding hydrogens is 395 g/mol. The second-order valence-corrected chi connectivity index (χ2v) is 8.82. The van der Waals surface area contributed by atoms with E-state index in [0.29, 0.717) is 18.7 Å². The molecular formula is C25H31FN2O3. The van der Waals surface area contributed by atoms with E-state index in [1.165, 1.54) is 0 Å². The lowest BCUT2D eigenvalue weighted by Crippen LogP contribution is -2.25. The summed E-state index contributed by atoms with van der Waals surface area (Å²) in [5.74, 6) is 0.928. The smallest absolute Gasteiger partial charge is 0.252 e. The third kappa shape index (κ3) is 5.35. The zero-order valence-corrected chi connectivity index (χ0v) is 18.4. The maximum atomic E-state index is 15.0. The standard InChI is InChI=1S/C25H31FN2O3/c1-17(15-18(2)29)19-7-9-21(10-8-19)30-22-12-14-28(16-22)23-11-13-27-25(24(23)26)31-20-5-3-4-6-20/h7-11,13,17,20,22H,3-6,12,14-16H2,1-2H3/t17-,22-/m1/s1. The number of Topliss-reactive ketones (excluding diaryl/α,β-unsaturated/α-hetero) is 1. The largest absolute Gasteiger partial charge is 0.489 e. The van der Waals surface area contributed by atoms with Gasteiger partial charge in [0.1, 0.15) is 23.7 Å². The van der Waals surface area contributed by atoms with Gasteiger partial charge in [0.05, 0.1) is 12.2 Å². The van der Waals surface area contributed by atoms with Crippen molar-refractivity contribution in [3.8, 4) is 11.6 Å². The van der Waals surface area contributed by atoms with Crippen LogP contribution in [0.3, 0.4) is 0 Å². The number of anilines is 1. The van der Waals surface area contributed by atoms with Gasteiger partial charge in [-0.1, -0.05) is 19.1 Å². The normalized spacial score (nSPS) is 20.1. The summed E-state index contributed by atoms with van der Waals surface area (Å²) in [4.78, 5) is 17.5. The molecule has 0 spiro atoms. The number of carbonyl (C=O) groups is 1. The highest BCUT2D eigenvalue weighted by Crippen LogP contribution is 2.32. The Morgan fingerprint density at radius 1 is 1.13 bits per heavy atom. The zero-order chi connectivity index (χ0) is 21.8. The first-order valence-electron chi connectivity index (χ1n) is 11.3. The van der Waals surface area contributed by atoms with Crippen LogP contribution in [-0.4, -0.2) is 36.1 Å². The monoisotopic (exact) mass is 426 g/mol. The molecule has 1 aliphatic heterocycles. The van der Waals surface area contributed by atoms with Crippen LogP contribution in [0.15, 0.2) is 36.5 Å². The highest BCUT2D eigenvalue weighted by Gasteiger charge is 2.28. The number of aromatic nitrogens is 1. The third-order valence-electron chi connectivity index (χ3n) is 6.25. The van der Waals surface area contributed by atoms with Crippen molar-refractivity contribution in [2.24, 2.45) is 0 Å². The number of hydrogen-bond donors (Lipinski definition) is 0. The minimum Gasteiger partial charge on any atom is -0.489 e. The SMILES string of the molecule is CC(=O)C[C@@H](C)c1ccc(O[C@@H]2CCN(c3ccnc(OC4CCCC4)c3F)C2)cc1. The van der Waals surface area contributed by atoms with E-state index in [-0.39, 0.29) is 35.6 Å². The summed E-state index contributed by atoms with van der Waals surface area (Å²) in [6.07, 6.45) is 7.26. The van der Waals surface area contributed by atoms with Crippen LogP contribution < -0.4 is 14.4 Å². The maximum Gasteiger partial charge on any atom is 0.252 e. The Bertz CT molecular complexity index is 896. The van der Waals surface area contributed by atoms with Crippen molar-refractivity contribution in [1.29, 1.82) is 0 Å². The number of hydrogen-bond acceptors (Lipinski definition) is 5. The van der Waals surface area contributed by atoms with Gasteiger partial charge < -0.3 is 19.2 Å². The van der Waals surface area contributed by atoms with Gasteiger partial charge in [-0.25, -0.2) is 4.98 Å². The van der Waals surface area contributed by atoms with E-state index in [2.05, 4.69) is 11.9 Å². The van der Waals surface area contributed by atoms with Crippen LogP contribution in [-0.2, 0) is 4.79 Å². The molecule has 1 aromatic heterocycles. The third-order valence-corrected chi connectivity index (χ3v) is 6.25. The molecule has 4 rings (SSSR count). The quantitative estimate of drug-likeness (QED) is 0.575. The minimum atomic E-state index is -0.376. The van der Waals surface area contributed by atoms with Crippen LogP contribution in [0.4, 0.5) is 10.1 Å². The maximum absolute atomic E-state index is 15.0. The van der Waals surface area contributed by atoms with Gasteiger partial charge in [0.15, 0.2) is 0 Å². The molecule has 0 unspecified atom stereocenters. The molecule has 0 radical (unpaired) electrons. The molecule has 5 nitrogen and oxygen atoms in total. The van der Waals surface area contributed by atoms with Crippen molar-refractivity contribution in [2.45, 2.75) is 70.5 Å². The van der Waals surface area contributed by atoms with Gasteiger partial charge in [0.25, 0.3) is 5.88 Å². The summed E-state index contributed by atoms with van der Waals surface area (Å²) in [5, 5.41) is 0. The molecule has 2 fully saturated rings. The lowest BCUT2D eigenvalue weighted by molar-refractivity contribution is -0.117. The molecule has 1 saturated carbocycles. The molecule has 2 heterocycles. The van der Waals surface area contributed by atoms with Crippen LogP contribution in [0, 0.1) is 5.82 Å². The van der Waals surface area contributed by atoms with Crippen LogP contribution in [0.5, 0.6) is 11.6 Å². The number of carbonyl (C=O) groups excluding carboxylic acids is 1. The van der Waals surface area contributed by atoms with E-state index >= 15 is 4.39 Å². The van der Waals surface area contributed by atoms with E-state index in [1.807, 2.05) is 29.2 Å². The van der Waals surface area contributed by atoms with Crippen LogP contribution in [0.25, 0.3) is 0 Å². The molecule has 1 saturated heterocycles. The molecule has 0 N–H and O–H groups in total. The molecule has 1 aliphatic carbocycles. The number of halogens is 1. The number of rotatable bonds is 8. The van der Waals surface area contributed by atoms with E-state index in [4.69, 9.17) is 9.47 Å². The lowest BCUT2D eigenvalue weighted by atomic mass is 9.96. The Kier molecular flexibility index (Phi) is 6.73. The van der Waals surface area contributed by atoms with Crippen molar-refractivity contribution in [3.63, 3.8) is 0 Å². The van der Waals surface area contributed by atoms with Gasteiger partial charge in [-0.05, 0) is 62.3 Å². The van der Waals surface area contributed by atoms with Gasteiger partial charge in [-0.3, -0.25) is 0 Å². The number of benzene rings is 1. The lowest BCUT2D eigenvalue weighted by Gasteiger charge is -2.21. The number of ketones is 1. The fourth-order valence-electron chi connectivity index (χ4n) is 4.57. The van der Waals surface area contributed by atoms with Crippen LogP contribution in [0.1, 0.15) is 63.9 Å². The van der Waals surface area contributed by atoms with Crippen LogP contribution >= 0.6 is 0 Å². The van der Waals surface area contributed by atoms with Gasteiger partial charge >= 0.3 is 0 Å². The summed E-state index contributed by atoms with van der Waals surface area (Å²) in [6.45, 7) is 5.02. The summed E-state index contributed by atoms with van der Waals surface area (Å²) >= 11 is 0. The molecule has 2 aromatic rings. The topological polar surface area (TPSA) is 51.7 Å². The van der Waals surface area contributed by atoms with Gasteiger partial charge in [-0.15, -0.1) is 0 Å². The molecule has 6 heteroatoms. The van der Waals surface area contributed by atoms with Gasteiger partial charge in [0, 0.05) is 25.6 Å². The predicted octanol–water partition coefficient (Wildman–Crippen LogP) is 5.28. The molecule has 166 valence electrons. The van der Waals surface area contributed by atoms with Crippen molar-refractivity contribution in [3.05, 3.63) is 47.9 Å². The Morgan fingerprint density at radius 2 is 1.87 bits per heavy atom. The minimum absolute atomic E-state index is 0.00717. The average Bonchev–Trinajstić information content (AvgIpc) is 3.42. The summed E-state index contributed by atoms with van der Waals surface area (Å²) < 4.78 is 27.0. The number of ether oxygens (including phenoxy) is 2. The average molecular weight is 427 g/mol. The zero-order valence-electron chi connectivity index (χ0n) is 18.4. The van der Waals surface area contributed by atoms with Crippen molar-refractivity contribution in [2.75, 3.05) is 18.0 Å².